The summed E-state index contributed by atoms with van der Waals surface area (Å²) in [6.07, 6.45) is 1.59. The maximum Gasteiger partial charge on any atom is 0.269 e. The Bertz CT molecular complexity index is 762. The van der Waals surface area contributed by atoms with Crippen LogP contribution in [0.25, 0.3) is 11.6 Å². The van der Waals surface area contributed by atoms with Gasteiger partial charge in [-0.3, -0.25) is 10.1 Å². The molecular formula is C15H8Cl2N2O2. The lowest BCUT2D eigenvalue weighted by Gasteiger charge is -2.03. The van der Waals surface area contributed by atoms with E-state index in [1.165, 1.54) is 24.3 Å². The van der Waals surface area contributed by atoms with Crippen LogP contribution in [0, 0.1) is 21.4 Å². The third-order valence-electron chi connectivity index (χ3n) is 2.79. The van der Waals surface area contributed by atoms with E-state index >= 15 is 0 Å². The average molecular weight is 319 g/mol. The molecule has 0 spiro atoms. The van der Waals surface area contributed by atoms with Crippen molar-refractivity contribution in [1.82, 2.24) is 0 Å². The lowest BCUT2D eigenvalue weighted by Crippen LogP contribution is -1.88. The van der Waals surface area contributed by atoms with E-state index in [9.17, 15) is 15.4 Å². The van der Waals surface area contributed by atoms with Gasteiger partial charge in [-0.2, -0.15) is 5.26 Å². The Morgan fingerprint density at radius 3 is 2.43 bits per heavy atom. The summed E-state index contributed by atoms with van der Waals surface area (Å²) < 4.78 is 0. The van der Waals surface area contributed by atoms with Gasteiger partial charge in [-0.25, -0.2) is 0 Å². The standard InChI is InChI=1S/C15H8Cl2N2O2/c16-14-3-1-2-11(15(14)17)8-12(9-18)10-4-6-13(7-5-10)19(20)21/h1-8H/b12-8-. The van der Waals surface area contributed by atoms with Crippen molar-refractivity contribution < 1.29 is 4.92 Å². The van der Waals surface area contributed by atoms with Crippen LogP contribution in [0.3, 0.4) is 0 Å². The van der Waals surface area contributed by atoms with Crippen molar-refractivity contribution in [2.45, 2.75) is 0 Å². The Kier molecular flexibility index (Phi) is 4.59. The molecule has 6 heteroatoms. The predicted molar refractivity (Wildman–Crippen MR) is 83.0 cm³/mol. The minimum atomic E-state index is -0.493. The van der Waals surface area contributed by atoms with Gasteiger partial charge >= 0.3 is 0 Å². The van der Waals surface area contributed by atoms with E-state index < -0.39 is 4.92 Å². The van der Waals surface area contributed by atoms with Gasteiger partial charge in [0, 0.05) is 12.1 Å². The quantitative estimate of drug-likeness (QED) is 0.347. The highest BCUT2D eigenvalue weighted by molar-refractivity contribution is 6.43. The molecule has 104 valence electrons. The maximum atomic E-state index is 10.6. The number of allylic oxidation sites excluding steroid dienone is 1. The fourth-order valence-corrected chi connectivity index (χ4v) is 2.09. The molecule has 0 atom stereocenters. The summed E-state index contributed by atoms with van der Waals surface area (Å²) in [5.41, 5.74) is 1.49. The number of nitrogens with zero attached hydrogens (tertiary/aromatic N) is 2. The summed E-state index contributed by atoms with van der Waals surface area (Å²) in [5, 5.41) is 20.6. The number of nitriles is 1. The zero-order valence-corrected chi connectivity index (χ0v) is 12.1. The van der Waals surface area contributed by atoms with Crippen molar-refractivity contribution in [3.8, 4) is 6.07 Å². The van der Waals surface area contributed by atoms with Crippen LogP contribution < -0.4 is 0 Å². The normalized spacial score (nSPS) is 11.0. The summed E-state index contributed by atoms with van der Waals surface area (Å²) in [5.74, 6) is 0. The minimum absolute atomic E-state index is 0.0307. The average Bonchev–Trinajstić information content (AvgIpc) is 2.49. The third kappa shape index (κ3) is 3.40. The smallest absolute Gasteiger partial charge is 0.258 e. The van der Waals surface area contributed by atoms with Crippen LogP contribution in [0.1, 0.15) is 11.1 Å². The molecule has 0 aromatic heterocycles. The monoisotopic (exact) mass is 318 g/mol. The predicted octanol–water partition coefficient (Wildman–Crippen LogP) is 4.97. The topological polar surface area (TPSA) is 66.9 Å². The van der Waals surface area contributed by atoms with E-state index in [0.29, 0.717) is 26.7 Å². The lowest BCUT2D eigenvalue weighted by atomic mass is 10.0. The molecule has 0 aliphatic heterocycles. The van der Waals surface area contributed by atoms with Crippen molar-refractivity contribution in [1.29, 1.82) is 5.26 Å². The van der Waals surface area contributed by atoms with Crippen molar-refractivity contribution >= 4 is 40.5 Å². The molecule has 0 radical (unpaired) electrons. The van der Waals surface area contributed by atoms with Crippen molar-refractivity contribution in [2.24, 2.45) is 0 Å². The highest BCUT2D eigenvalue weighted by Gasteiger charge is 2.08. The Morgan fingerprint density at radius 1 is 1.19 bits per heavy atom. The number of nitro benzene ring substituents is 1. The van der Waals surface area contributed by atoms with Crippen LogP contribution in [0.5, 0.6) is 0 Å². The first-order valence-electron chi connectivity index (χ1n) is 5.83. The van der Waals surface area contributed by atoms with Crippen LogP contribution >= 0.6 is 23.2 Å². The summed E-state index contributed by atoms with van der Waals surface area (Å²) in [7, 11) is 0. The fraction of sp³-hybridized carbons (Fsp3) is 0. The van der Waals surface area contributed by atoms with Crippen molar-refractivity contribution in [3.05, 3.63) is 73.8 Å². The van der Waals surface area contributed by atoms with E-state index in [1.54, 1.807) is 24.3 Å². The first-order valence-corrected chi connectivity index (χ1v) is 6.59. The fourth-order valence-electron chi connectivity index (χ4n) is 1.73. The van der Waals surface area contributed by atoms with Gasteiger partial charge in [0.15, 0.2) is 0 Å². The Morgan fingerprint density at radius 2 is 1.86 bits per heavy atom. The molecule has 0 saturated heterocycles. The van der Waals surface area contributed by atoms with Gasteiger partial charge in [-0.05, 0) is 35.4 Å². The SMILES string of the molecule is N#C/C(=C/c1cccc(Cl)c1Cl)c1ccc([N+](=O)[O-])cc1. The molecule has 0 N–H and O–H groups in total. The van der Waals surface area contributed by atoms with Gasteiger partial charge in [0.05, 0.1) is 26.6 Å². The van der Waals surface area contributed by atoms with Crippen LogP contribution in [-0.4, -0.2) is 4.92 Å². The maximum absolute atomic E-state index is 10.6. The van der Waals surface area contributed by atoms with Gasteiger partial charge in [0.1, 0.15) is 0 Å². The summed E-state index contributed by atoms with van der Waals surface area (Å²) >= 11 is 12.0. The molecule has 0 saturated carbocycles. The molecular weight excluding hydrogens is 311 g/mol. The highest BCUT2D eigenvalue weighted by atomic mass is 35.5. The molecule has 2 rings (SSSR count). The summed E-state index contributed by atoms with van der Waals surface area (Å²) in [4.78, 5) is 10.1. The molecule has 0 heterocycles. The van der Waals surface area contributed by atoms with E-state index in [1.807, 2.05) is 0 Å². The molecule has 0 amide bonds. The molecule has 0 unspecified atom stereocenters. The van der Waals surface area contributed by atoms with E-state index in [2.05, 4.69) is 6.07 Å². The highest BCUT2D eigenvalue weighted by Crippen LogP contribution is 2.29. The van der Waals surface area contributed by atoms with Crippen LogP contribution in [0.15, 0.2) is 42.5 Å². The minimum Gasteiger partial charge on any atom is -0.258 e. The first-order chi connectivity index (χ1) is 10.0. The zero-order valence-electron chi connectivity index (χ0n) is 10.6. The number of halogens is 2. The van der Waals surface area contributed by atoms with Crippen LogP contribution in [-0.2, 0) is 0 Å². The number of nitro groups is 1. The van der Waals surface area contributed by atoms with Crippen LogP contribution in [0.4, 0.5) is 5.69 Å². The second-order valence-corrected chi connectivity index (χ2v) is 4.90. The summed E-state index contributed by atoms with van der Waals surface area (Å²) in [6.45, 7) is 0. The van der Waals surface area contributed by atoms with Gasteiger partial charge in [-0.1, -0.05) is 35.3 Å². The largest absolute Gasteiger partial charge is 0.269 e. The molecule has 4 nitrogen and oxygen atoms in total. The molecule has 0 fully saturated rings. The van der Waals surface area contributed by atoms with Crippen LogP contribution in [0.2, 0.25) is 10.0 Å². The number of benzene rings is 2. The van der Waals surface area contributed by atoms with E-state index in [0.717, 1.165) is 0 Å². The summed E-state index contributed by atoms with van der Waals surface area (Å²) in [6, 6.07) is 12.9. The Hall–Kier alpha value is -2.35. The second-order valence-electron chi connectivity index (χ2n) is 4.12. The molecule has 0 bridgehead atoms. The van der Waals surface area contributed by atoms with Gasteiger partial charge in [0.25, 0.3) is 5.69 Å². The van der Waals surface area contributed by atoms with E-state index in [-0.39, 0.29) is 5.69 Å². The zero-order chi connectivity index (χ0) is 15.4. The van der Waals surface area contributed by atoms with Gasteiger partial charge in [-0.15, -0.1) is 0 Å². The first kappa shape index (κ1) is 15.0. The molecule has 21 heavy (non-hydrogen) atoms. The molecule has 2 aromatic carbocycles. The van der Waals surface area contributed by atoms with E-state index in [4.69, 9.17) is 23.2 Å². The number of hydrogen-bond donors (Lipinski definition) is 0. The second kappa shape index (κ2) is 6.40. The Balaban J connectivity index is 2.44. The van der Waals surface area contributed by atoms with Crippen molar-refractivity contribution in [2.75, 3.05) is 0 Å². The molecule has 0 aliphatic carbocycles. The molecule has 2 aromatic rings. The number of non-ortho nitro benzene ring substituents is 1. The van der Waals surface area contributed by atoms with Crippen molar-refractivity contribution in [3.63, 3.8) is 0 Å². The lowest BCUT2D eigenvalue weighted by molar-refractivity contribution is -0.384. The number of hydrogen-bond acceptors (Lipinski definition) is 3. The number of rotatable bonds is 3. The van der Waals surface area contributed by atoms with Gasteiger partial charge < -0.3 is 0 Å². The molecule has 0 aliphatic rings. The van der Waals surface area contributed by atoms with Gasteiger partial charge in [0.2, 0.25) is 0 Å². The Labute approximate surface area is 131 Å². The third-order valence-corrected chi connectivity index (χ3v) is 3.62.